The van der Waals surface area contributed by atoms with Gasteiger partial charge < -0.3 is 24.4 Å². The highest BCUT2D eigenvalue weighted by Gasteiger charge is 2.41. The molecule has 8 rings (SSSR count). The monoisotopic (exact) mass is 704 g/mol. The van der Waals surface area contributed by atoms with Gasteiger partial charge in [0.2, 0.25) is 17.1 Å². The fourth-order valence-electron chi connectivity index (χ4n) is 6.76. The molecule has 14 nitrogen and oxygen atoms in total. The third kappa shape index (κ3) is 5.32. The highest BCUT2D eigenvalue weighted by molar-refractivity contribution is 6.28. The summed E-state index contributed by atoms with van der Waals surface area (Å²) in [6.07, 6.45) is 3.86. The lowest BCUT2D eigenvalue weighted by atomic mass is 10.1. The highest BCUT2D eigenvalue weighted by Crippen LogP contribution is 2.35. The van der Waals surface area contributed by atoms with Crippen molar-refractivity contribution in [1.82, 2.24) is 49.2 Å². The maximum atomic E-state index is 15.5. The Balaban J connectivity index is 1.25. The third-order valence-electron chi connectivity index (χ3n) is 9.10. The van der Waals surface area contributed by atoms with Crippen molar-refractivity contribution in [3.8, 4) is 17.1 Å². The van der Waals surface area contributed by atoms with Gasteiger partial charge in [-0.3, -0.25) is 9.78 Å². The standard InChI is InChI=1S/C32H28ClF3N12O2/c1-15-40-22-6-7-37-26-25-21(36)11-38-32(42-25)41-17-9-24(30(49)45(2)13-18(50-3)14-46(15)27(22)26)47(12-17)28-19-10-39-48(29(19)44-31(33)43-28)23-5-4-16(34)8-20(23)35/h4-8,10-11,17-18,24H,9,12-14H2,1-3H3,(H,38,41,42)/t17-,18-,24-/m0/s1. The summed E-state index contributed by atoms with van der Waals surface area (Å²) in [4.78, 5) is 44.5. The van der Waals surface area contributed by atoms with E-state index in [2.05, 4.69) is 40.3 Å². The number of fused-ring (bicyclic) bond motifs is 6. The maximum Gasteiger partial charge on any atom is 0.245 e. The lowest BCUT2D eigenvalue weighted by molar-refractivity contribution is -0.132. The number of likely N-dealkylation sites (N-methyl/N-ethyl adjacent to an activating group) is 1. The number of rotatable bonds is 3. The van der Waals surface area contributed by atoms with Crippen LogP contribution in [0, 0.1) is 24.4 Å². The second kappa shape index (κ2) is 12.2. The first-order valence-corrected chi connectivity index (χ1v) is 16.0. The molecule has 2 aliphatic heterocycles. The molecule has 1 saturated heterocycles. The number of halogens is 4. The van der Waals surface area contributed by atoms with E-state index in [1.165, 1.54) is 16.9 Å². The summed E-state index contributed by atoms with van der Waals surface area (Å²) >= 11 is 6.44. The number of carbonyl (C=O) groups excluding carboxylic acids is 1. The Kier molecular flexibility index (Phi) is 7.75. The Labute approximate surface area is 286 Å². The van der Waals surface area contributed by atoms with Crippen molar-refractivity contribution in [1.29, 1.82) is 0 Å². The number of aryl methyl sites for hydroxylation is 1. The summed E-state index contributed by atoms with van der Waals surface area (Å²) in [6.45, 7) is 2.54. The number of ether oxygens (including phenoxy) is 1. The fraction of sp³-hybridized carbons (Fsp3) is 0.312. The van der Waals surface area contributed by atoms with Gasteiger partial charge in [-0.05, 0) is 43.1 Å². The summed E-state index contributed by atoms with van der Waals surface area (Å²) < 4.78 is 53.0. The molecule has 5 aromatic heterocycles. The lowest BCUT2D eigenvalue weighted by Crippen LogP contribution is -2.47. The first-order valence-electron chi connectivity index (χ1n) is 15.6. The van der Waals surface area contributed by atoms with Crippen molar-refractivity contribution in [2.24, 2.45) is 0 Å². The van der Waals surface area contributed by atoms with Gasteiger partial charge >= 0.3 is 0 Å². The van der Waals surface area contributed by atoms with Crippen molar-refractivity contribution in [2.75, 3.05) is 37.5 Å². The number of hydrogen-bond donors (Lipinski definition) is 1. The molecule has 0 saturated carbocycles. The van der Waals surface area contributed by atoms with E-state index in [1.807, 2.05) is 11.5 Å². The highest BCUT2D eigenvalue weighted by atomic mass is 35.5. The van der Waals surface area contributed by atoms with Crippen LogP contribution in [-0.2, 0) is 16.1 Å². The molecule has 0 spiro atoms. The molecular formula is C32H28ClF3N12O2. The van der Waals surface area contributed by atoms with Gasteiger partial charge in [-0.25, -0.2) is 32.8 Å². The van der Waals surface area contributed by atoms with E-state index in [0.29, 0.717) is 27.9 Å². The van der Waals surface area contributed by atoms with E-state index in [4.69, 9.17) is 16.3 Å². The van der Waals surface area contributed by atoms with E-state index in [9.17, 15) is 13.6 Å². The van der Waals surface area contributed by atoms with Crippen LogP contribution in [-0.4, -0.2) is 100 Å². The van der Waals surface area contributed by atoms with E-state index < -0.39 is 35.6 Å². The number of methoxy groups -OCH3 is 1. The number of hydrogen-bond acceptors (Lipinski definition) is 11. The fourth-order valence-corrected chi connectivity index (χ4v) is 6.92. The number of nitrogens with one attached hydrogen (secondary N) is 1. The minimum atomic E-state index is -0.852. The minimum absolute atomic E-state index is 0.0117. The summed E-state index contributed by atoms with van der Waals surface area (Å²) in [5.41, 5.74) is 1.58. The molecule has 3 atom stereocenters. The predicted octanol–water partition coefficient (Wildman–Crippen LogP) is 3.94. The molecule has 18 heteroatoms. The number of imidazole rings is 1. The second-order valence-electron chi connectivity index (χ2n) is 12.2. The Morgan fingerprint density at radius 3 is 2.62 bits per heavy atom. The van der Waals surface area contributed by atoms with Gasteiger partial charge in [0, 0.05) is 45.6 Å². The quantitative estimate of drug-likeness (QED) is 0.268. The number of benzene rings is 1. The van der Waals surface area contributed by atoms with Crippen molar-refractivity contribution >= 4 is 51.3 Å². The normalized spacial score (nSPS) is 19.6. The predicted molar refractivity (Wildman–Crippen MR) is 176 cm³/mol. The molecule has 1 N–H and O–H groups in total. The summed E-state index contributed by atoms with van der Waals surface area (Å²) in [5.74, 6) is -1.43. The molecule has 4 bridgehead atoms. The van der Waals surface area contributed by atoms with Crippen LogP contribution in [0.15, 0.2) is 42.9 Å². The van der Waals surface area contributed by atoms with Crippen molar-refractivity contribution in [3.05, 3.63) is 71.4 Å². The van der Waals surface area contributed by atoms with Crippen molar-refractivity contribution in [2.45, 2.75) is 38.1 Å². The van der Waals surface area contributed by atoms with Crippen LogP contribution in [0.3, 0.4) is 0 Å². The van der Waals surface area contributed by atoms with Gasteiger partial charge in [-0.1, -0.05) is 0 Å². The second-order valence-corrected chi connectivity index (χ2v) is 12.6. The zero-order valence-electron chi connectivity index (χ0n) is 26.8. The van der Waals surface area contributed by atoms with Crippen LogP contribution < -0.4 is 10.2 Å². The van der Waals surface area contributed by atoms with Gasteiger partial charge in [0.1, 0.15) is 40.6 Å². The Bertz CT molecular complexity index is 2320. The van der Waals surface area contributed by atoms with Crippen LogP contribution >= 0.6 is 11.6 Å². The van der Waals surface area contributed by atoms with Gasteiger partial charge in [-0.15, -0.1) is 0 Å². The largest absolute Gasteiger partial charge is 0.378 e. The molecule has 7 heterocycles. The molecular weight excluding hydrogens is 677 g/mol. The van der Waals surface area contributed by atoms with E-state index in [-0.39, 0.29) is 66.0 Å². The minimum Gasteiger partial charge on any atom is -0.378 e. The van der Waals surface area contributed by atoms with Gasteiger partial charge in [0.15, 0.2) is 17.3 Å². The molecule has 1 amide bonds. The molecule has 0 unspecified atom stereocenters. The van der Waals surface area contributed by atoms with E-state index in [1.54, 1.807) is 36.2 Å². The number of aromatic nitrogens is 9. The molecule has 50 heavy (non-hydrogen) atoms. The first-order chi connectivity index (χ1) is 24.1. The summed E-state index contributed by atoms with van der Waals surface area (Å²) in [7, 11) is 3.25. The van der Waals surface area contributed by atoms with E-state index >= 15 is 4.39 Å². The summed E-state index contributed by atoms with van der Waals surface area (Å²) in [6, 6.07) is 3.64. The average Bonchev–Trinajstić information content (AvgIpc) is 3.79. The SMILES string of the molecule is CO[C@H]1CN(C)C(=O)[C@@H]2C[C@@H](CN2c2nc(Cl)nc3c2cnn3-c2ccc(F)cc2F)Nc2ncc(F)c(n2)-c2nccc3nc(C)n(c23)C1. The van der Waals surface area contributed by atoms with Crippen LogP contribution in [0.25, 0.3) is 39.1 Å². The molecule has 1 fully saturated rings. The first kappa shape index (κ1) is 31.8. The number of anilines is 2. The average molecular weight is 705 g/mol. The molecule has 1 aromatic carbocycles. The molecule has 6 aromatic rings. The zero-order chi connectivity index (χ0) is 34.8. The number of amides is 1. The maximum absolute atomic E-state index is 15.5. The van der Waals surface area contributed by atoms with Crippen molar-refractivity contribution < 1.29 is 22.7 Å². The third-order valence-corrected chi connectivity index (χ3v) is 9.27. The van der Waals surface area contributed by atoms with Gasteiger partial charge in [0.25, 0.3) is 0 Å². The molecule has 2 aliphatic rings. The number of carbonyl (C=O) groups is 1. The molecule has 0 aliphatic carbocycles. The van der Waals surface area contributed by atoms with Crippen LogP contribution in [0.4, 0.5) is 24.9 Å². The number of pyridine rings is 1. The lowest BCUT2D eigenvalue weighted by Gasteiger charge is -2.31. The van der Waals surface area contributed by atoms with Crippen LogP contribution in [0.5, 0.6) is 0 Å². The zero-order valence-corrected chi connectivity index (χ0v) is 27.6. The van der Waals surface area contributed by atoms with Gasteiger partial charge in [0.05, 0.1) is 41.5 Å². The van der Waals surface area contributed by atoms with Crippen LogP contribution in [0.1, 0.15) is 12.2 Å². The van der Waals surface area contributed by atoms with Gasteiger partial charge in [-0.2, -0.15) is 15.1 Å². The topological polar surface area (TPSA) is 145 Å². The van der Waals surface area contributed by atoms with E-state index in [0.717, 1.165) is 18.3 Å². The van der Waals surface area contributed by atoms with Crippen LogP contribution in [0.2, 0.25) is 5.28 Å². The number of nitrogens with zero attached hydrogens (tertiary/aromatic N) is 11. The summed E-state index contributed by atoms with van der Waals surface area (Å²) in [5, 5.41) is 7.80. The Morgan fingerprint density at radius 1 is 0.980 bits per heavy atom. The Hall–Kier alpha value is -5.42. The van der Waals surface area contributed by atoms with Crippen molar-refractivity contribution in [3.63, 3.8) is 0 Å². The molecule has 256 valence electrons. The Morgan fingerprint density at radius 2 is 1.82 bits per heavy atom. The smallest absolute Gasteiger partial charge is 0.245 e. The molecule has 0 radical (unpaired) electrons.